The number of Topliss-reactive ketones (excluding diaryl/α,β-unsaturated/α-hetero) is 1. The summed E-state index contributed by atoms with van der Waals surface area (Å²) in [6, 6.07) is 5.72. The van der Waals surface area contributed by atoms with E-state index in [0.717, 1.165) is 29.5 Å². The maximum atomic E-state index is 12.4. The Hall–Kier alpha value is -2.11. The molecule has 23 heavy (non-hydrogen) atoms. The van der Waals surface area contributed by atoms with Gasteiger partial charge in [-0.1, -0.05) is 31.1 Å². The second kappa shape index (κ2) is 6.18. The van der Waals surface area contributed by atoms with Crippen LogP contribution in [0, 0.1) is 0 Å². The van der Waals surface area contributed by atoms with Gasteiger partial charge in [0.1, 0.15) is 0 Å². The van der Waals surface area contributed by atoms with Crippen molar-refractivity contribution in [2.75, 3.05) is 0 Å². The molecule has 1 atom stereocenters. The zero-order chi connectivity index (χ0) is 16.6. The maximum absolute atomic E-state index is 12.4. The molecule has 0 aliphatic heterocycles. The molecule has 1 heterocycles. The van der Waals surface area contributed by atoms with E-state index in [1.54, 1.807) is 0 Å². The van der Waals surface area contributed by atoms with Gasteiger partial charge in [0.15, 0.2) is 5.78 Å². The van der Waals surface area contributed by atoms with Crippen LogP contribution in [0.5, 0.6) is 0 Å². The van der Waals surface area contributed by atoms with Crippen molar-refractivity contribution in [2.45, 2.75) is 51.4 Å². The largest absolute Gasteiger partial charge is 0.339 e. The van der Waals surface area contributed by atoms with Crippen LogP contribution in [0.3, 0.4) is 0 Å². The quantitative estimate of drug-likeness (QED) is 0.832. The molecule has 1 aromatic heterocycles. The van der Waals surface area contributed by atoms with E-state index in [4.69, 9.17) is 4.52 Å². The molecule has 0 saturated carbocycles. The second-order valence-corrected chi connectivity index (χ2v) is 6.23. The van der Waals surface area contributed by atoms with E-state index in [2.05, 4.69) is 10.1 Å². The van der Waals surface area contributed by atoms with E-state index in [0.29, 0.717) is 11.7 Å². The maximum Gasteiger partial charge on any atom is 0.296 e. The van der Waals surface area contributed by atoms with E-state index in [-0.39, 0.29) is 18.3 Å². The van der Waals surface area contributed by atoms with Gasteiger partial charge in [-0.05, 0) is 36.0 Å². The van der Waals surface area contributed by atoms with Crippen LogP contribution in [0.1, 0.15) is 55.5 Å². The number of ketones is 1. The molecule has 0 saturated heterocycles. The average Bonchev–Trinajstić information content (AvgIpc) is 3.14. The van der Waals surface area contributed by atoms with Crippen molar-refractivity contribution in [1.29, 1.82) is 0 Å². The Morgan fingerprint density at radius 3 is 2.83 bits per heavy atom. The van der Waals surface area contributed by atoms with Crippen molar-refractivity contribution in [3.63, 3.8) is 0 Å². The van der Waals surface area contributed by atoms with Gasteiger partial charge in [0.25, 0.3) is 6.43 Å². The molecule has 0 bridgehead atoms. The summed E-state index contributed by atoms with van der Waals surface area (Å²) in [7, 11) is 0. The molecule has 1 aromatic carbocycles. The summed E-state index contributed by atoms with van der Waals surface area (Å²) in [6.45, 7) is 3.95. The smallest absolute Gasteiger partial charge is 0.296 e. The zero-order valence-electron chi connectivity index (χ0n) is 13.1. The van der Waals surface area contributed by atoms with Crippen LogP contribution < -0.4 is 0 Å². The highest BCUT2D eigenvalue weighted by Crippen LogP contribution is 2.37. The molecule has 0 amide bonds. The number of carbonyl (C=O) groups excluding carboxylic acids is 1. The fraction of sp³-hybridized carbons (Fsp3) is 0.471. The number of aromatic nitrogens is 2. The molecular weight excluding hydrogens is 302 g/mol. The minimum Gasteiger partial charge on any atom is -0.339 e. The molecule has 6 heteroatoms. The van der Waals surface area contributed by atoms with Crippen molar-refractivity contribution >= 4 is 5.78 Å². The molecule has 0 radical (unpaired) electrons. The van der Waals surface area contributed by atoms with E-state index in [1.807, 2.05) is 32.0 Å². The van der Waals surface area contributed by atoms with Gasteiger partial charge in [0.05, 0.1) is 0 Å². The van der Waals surface area contributed by atoms with E-state index in [1.165, 1.54) is 0 Å². The SMILES string of the molecule is CC(C)c1nc(-c2ccc3c(c2)CC[C@H]3CC(=O)C(F)F)no1. The number of hydrogen-bond donors (Lipinski definition) is 0. The first-order valence-electron chi connectivity index (χ1n) is 7.73. The third-order valence-electron chi connectivity index (χ3n) is 4.23. The molecule has 0 unspecified atom stereocenters. The predicted molar refractivity (Wildman–Crippen MR) is 80.5 cm³/mol. The number of carbonyl (C=O) groups is 1. The molecule has 122 valence electrons. The highest BCUT2D eigenvalue weighted by molar-refractivity contribution is 5.82. The fourth-order valence-electron chi connectivity index (χ4n) is 2.98. The first-order chi connectivity index (χ1) is 11.0. The zero-order valence-corrected chi connectivity index (χ0v) is 13.1. The summed E-state index contributed by atoms with van der Waals surface area (Å²) in [4.78, 5) is 15.6. The molecule has 1 aliphatic carbocycles. The predicted octanol–water partition coefficient (Wildman–Crippen LogP) is 4.11. The number of rotatable bonds is 5. The first kappa shape index (κ1) is 15.8. The van der Waals surface area contributed by atoms with Crippen molar-refractivity contribution < 1.29 is 18.1 Å². The normalized spacial score (nSPS) is 17.0. The minimum atomic E-state index is -2.88. The summed E-state index contributed by atoms with van der Waals surface area (Å²) in [6.07, 6.45) is -1.48. The Morgan fingerprint density at radius 2 is 2.17 bits per heavy atom. The van der Waals surface area contributed by atoms with Crippen LogP contribution in [0.2, 0.25) is 0 Å². The molecule has 1 aliphatic rings. The third-order valence-corrected chi connectivity index (χ3v) is 4.23. The van der Waals surface area contributed by atoms with Gasteiger partial charge in [-0.3, -0.25) is 4.79 Å². The standard InChI is InChI=1S/C17H18F2N2O2/c1-9(2)17-20-16(21-23-17)12-5-6-13-10(7-12)3-4-11(13)8-14(22)15(18)19/h5-7,9,11,15H,3-4,8H2,1-2H3/t11-/m0/s1. The monoisotopic (exact) mass is 320 g/mol. The lowest BCUT2D eigenvalue weighted by Crippen LogP contribution is -2.13. The summed E-state index contributed by atoms with van der Waals surface area (Å²) in [5.74, 6) is 0.184. The van der Waals surface area contributed by atoms with Gasteiger partial charge in [-0.2, -0.15) is 4.98 Å². The molecule has 0 spiro atoms. The van der Waals surface area contributed by atoms with Crippen LogP contribution in [0.25, 0.3) is 11.4 Å². The summed E-state index contributed by atoms with van der Waals surface area (Å²) in [5, 5.41) is 3.98. The Kier molecular flexibility index (Phi) is 4.24. The fourth-order valence-corrected chi connectivity index (χ4v) is 2.98. The Bertz CT molecular complexity index is 725. The number of aryl methyl sites for hydroxylation is 1. The number of nitrogens with zero attached hydrogens (tertiary/aromatic N) is 2. The van der Waals surface area contributed by atoms with Gasteiger partial charge in [-0.25, -0.2) is 8.78 Å². The number of fused-ring (bicyclic) bond motifs is 1. The van der Waals surface area contributed by atoms with Crippen LogP contribution in [-0.4, -0.2) is 22.3 Å². The number of benzene rings is 1. The van der Waals surface area contributed by atoms with Gasteiger partial charge >= 0.3 is 0 Å². The van der Waals surface area contributed by atoms with Crippen LogP contribution in [0.4, 0.5) is 8.78 Å². The van der Waals surface area contributed by atoms with Gasteiger partial charge in [0, 0.05) is 17.9 Å². The summed E-state index contributed by atoms with van der Waals surface area (Å²) >= 11 is 0. The Morgan fingerprint density at radius 1 is 1.39 bits per heavy atom. The molecule has 0 N–H and O–H groups in total. The number of halogens is 2. The molecular formula is C17H18F2N2O2. The van der Waals surface area contributed by atoms with E-state index >= 15 is 0 Å². The van der Waals surface area contributed by atoms with Gasteiger partial charge in [-0.15, -0.1) is 0 Å². The second-order valence-electron chi connectivity index (χ2n) is 6.23. The Labute approximate surface area is 132 Å². The summed E-state index contributed by atoms with van der Waals surface area (Å²) < 4.78 is 30.1. The average molecular weight is 320 g/mol. The molecule has 2 aromatic rings. The van der Waals surface area contributed by atoms with Gasteiger partial charge in [0.2, 0.25) is 11.7 Å². The lowest BCUT2D eigenvalue weighted by atomic mass is 9.95. The molecule has 0 fully saturated rings. The lowest BCUT2D eigenvalue weighted by Gasteiger charge is -2.10. The minimum absolute atomic E-state index is 0.0935. The topological polar surface area (TPSA) is 56.0 Å². The Balaban J connectivity index is 1.82. The number of alkyl halides is 2. The molecule has 4 nitrogen and oxygen atoms in total. The number of hydrogen-bond acceptors (Lipinski definition) is 4. The highest BCUT2D eigenvalue weighted by atomic mass is 19.3. The summed E-state index contributed by atoms with van der Waals surface area (Å²) in [5.41, 5.74) is 2.90. The van der Waals surface area contributed by atoms with Crippen LogP contribution >= 0.6 is 0 Å². The van der Waals surface area contributed by atoms with Crippen molar-refractivity contribution in [3.8, 4) is 11.4 Å². The van der Waals surface area contributed by atoms with Crippen molar-refractivity contribution in [2.24, 2.45) is 0 Å². The van der Waals surface area contributed by atoms with E-state index in [9.17, 15) is 13.6 Å². The van der Waals surface area contributed by atoms with Crippen LogP contribution in [-0.2, 0) is 11.2 Å². The van der Waals surface area contributed by atoms with Crippen molar-refractivity contribution in [1.82, 2.24) is 10.1 Å². The van der Waals surface area contributed by atoms with Crippen LogP contribution in [0.15, 0.2) is 22.7 Å². The van der Waals surface area contributed by atoms with Crippen molar-refractivity contribution in [3.05, 3.63) is 35.2 Å². The highest BCUT2D eigenvalue weighted by Gasteiger charge is 2.28. The third kappa shape index (κ3) is 3.16. The van der Waals surface area contributed by atoms with E-state index < -0.39 is 12.2 Å². The first-order valence-corrected chi connectivity index (χ1v) is 7.73. The lowest BCUT2D eigenvalue weighted by molar-refractivity contribution is -0.129. The van der Waals surface area contributed by atoms with Gasteiger partial charge < -0.3 is 4.52 Å². The molecule has 3 rings (SSSR count).